The van der Waals surface area contributed by atoms with E-state index in [0.29, 0.717) is 11.3 Å². The van der Waals surface area contributed by atoms with Gasteiger partial charge in [0.15, 0.2) is 12.0 Å². The summed E-state index contributed by atoms with van der Waals surface area (Å²) in [7, 11) is 0. The number of hydrogen-bond acceptors (Lipinski definition) is 5. The molecule has 0 saturated heterocycles. The molecule has 4 aromatic rings. The van der Waals surface area contributed by atoms with Crippen LogP contribution in [0, 0.1) is 6.92 Å². The first kappa shape index (κ1) is 24.1. The van der Waals surface area contributed by atoms with Crippen molar-refractivity contribution in [2.45, 2.75) is 19.1 Å². The molecule has 2 amide bonds. The molecule has 1 unspecified atom stereocenters. The van der Waals surface area contributed by atoms with Gasteiger partial charge in [-0.25, -0.2) is 0 Å². The first-order chi connectivity index (χ1) is 17.5. The molecular formula is C27H19F3N2O5. The molecule has 188 valence electrons. The normalized spacial score (nSPS) is 15.2. The van der Waals surface area contributed by atoms with E-state index in [1.165, 1.54) is 24.3 Å². The third-order valence-corrected chi connectivity index (χ3v) is 6.05. The molecule has 0 saturated carbocycles. The number of carbonyl (C=O) groups is 2. The van der Waals surface area contributed by atoms with Crippen LogP contribution in [-0.2, 0) is 11.0 Å². The lowest BCUT2D eigenvalue weighted by molar-refractivity contribution is -0.137. The largest absolute Gasteiger partial charge is 0.484 e. The fourth-order valence-corrected chi connectivity index (χ4v) is 4.40. The Hall–Kier alpha value is -4.60. The maximum absolute atomic E-state index is 13.7. The number of benzene rings is 3. The summed E-state index contributed by atoms with van der Waals surface area (Å²) in [4.78, 5) is 39.4. The zero-order chi connectivity index (χ0) is 26.5. The van der Waals surface area contributed by atoms with Crippen LogP contribution in [0.2, 0.25) is 0 Å². The van der Waals surface area contributed by atoms with Crippen LogP contribution in [0.3, 0.4) is 0 Å². The minimum atomic E-state index is -4.64. The van der Waals surface area contributed by atoms with E-state index in [4.69, 9.17) is 14.9 Å². The van der Waals surface area contributed by atoms with Crippen LogP contribution in [0.5, 0.6) is 5.75 Å². The van der Waals surface area contributed by atoms with Crippen molar-refractivity contribution in [2.75, 3.05) is 11.5 Å². The van der Waals surface area contributed by atoms with E-state index in [1.807, 2.05) is 0 Å². The highest BCUT2D eigenvalue weighted by atomic mass is 19.4. The number of hydrogen-bond donors (Lipinski definition) is 1. The van der Waals surface area contributed by atoms with Crippen LogP contribution >= 0.6 is 0 Å². The Kier molecular flexibility index (Phi) is 5.74. The van der Waals surface area contributed by atoms with Gasteiger partial charge in [0.1, 0.15) is 11.3 Å². The van der Waals surface area contributed by atoms with Gasteiger partial charge in [0, 0.05) is 5.69 Å². The number of anilines is 1. The van der Waals surface area contributed by atoms with Gasteiger partial charge in [-0.15, -0.1) is 0 Å². The fraction of sp³-hybridized carbons (Fsp3) is 0.148. The molecule has 5 rings (SSSR count). The number of nitrogens with zero attached hydrogens (tertiary/aromatic N) is 1. The lowest BCUT2D eigenvalue weighted by Crippen LogP contribution is -2.29. The third-order valence-electron chi connectivity index (χ3n) is 6.05. The van der Waals surface area contributed by atoms with Gasteiger partial charge in [0.25, 0.3) is 11.8 Å². The Bertz CT molecular complexity index is 1610. The van der Waals surface area contributed by atoms with Crippen molar-refractivity contribution in [2.24, 2.45) is 5.73 Å². The lowest BCUT2D eigenvalue weighted by atomic mass is 9.97. The summed E-state index contributed by atoms with van der Waals surface area (Å²) in [6, 6.07) is 14.3. The molecule has 2 N–H and O–H groups in total. The second-order valence-electron chi connectivity index (χ2n) is 8.62. The van der Waals surface area contributed by atoms with E-state index < -0.39 is 35.0 Å². The molecule has 37 heavy (non-hydrogen) atoms. The van der Waals surface area contributed by atoms with E-state index in [9.17, 15) is 27.6 Å². The molecule has 0 bridgehead atoms. The molecule has 1 aromatic heterocycles. The molecule has 1 aliphatic heterocycles. The Labute approximate surface area is 207 Å². The first-order valence-electron chi connectivity index (χ1n) is 11.1. The van der Waals surface area contributed by atoms with Gasteiger partial charge in [-0.2, -0.15) is 13.2 Å². The van der Waals surface area contributed by atoms with E-state index in [0.717, 1.165) is 22.6 Å². The standard InChI is InChI=1S/C27H19F3N2O5/c1-14-5-10-20-19(11-14)24(34)22-23(15-6-8-18(9-7-15)36-13-21(31)33)32(26(35)25(22)37-20)17-4-2-3-16(12-17)27(28,29)30/h2-12,23H,13H2,1H3,(H2,31,33). The van der Waals surface area contributed by atoms with Crippen molar-refractivity contribution >= 4 is 28.5 Å². The maximum atomic E-state index is 13.7. The number of amides is 2. The quantitative estimate of drug-likeness (QED) is 0.420. The zero-order valence-corrected chi connectivity index (χ0v) is 19.3. The fourth-order valence-electron chi connectivity index (χ4n) is 4.40. The first-order valence-corrected chi connectivity index (χ1v) is 11.1. The van der Waals surface area contributed by atoms with Crippen molar-refractivity contribution in [3.63, 3.8) is 0 Å². The highest BCUT2D eigenvalue weighted by molar-refractivity contribution is 6.10. The molecule has 0 fully saturated rings. The summed E-state index contributed by atoms with van der Waals surface area (Å²) in [5.74, 6) is -1.35. The maximum Gasteiger partial charge on any atom is 0.416 e. The van der Waals surface area contributed by atoms with Crippen molar-refractivity contribution in [1.29, 1.82) is 0 Å². The van der Waals surface area contributed by atoms with Crippen molar-refractivity contribution in [1.82, 2.24) is 0 Å². The van der Waals surface area contributed by atoms with Gasteiger partial charge >= 0.3 is 6.18 Å². The van der Waals surface area contributed by atoms with Gasteiger partial charge in [0.05, 0.1) is 22.6 Å². The summed E-state index contributed by atoms with van der Waals surface area (Å²) in [5.41, 5.74) is 5.09. The number of halogens is 3. The summed E-state index contributed by atoms with van der Waals surface area (Å²) >= 11 is 0. The number of carbonyl (C=O) groups excluding carboxylic acids is 2. The highest BCUT2D eigenvalue weighted by Gasteiger charge is 2.44. The Morgan fingerprint density at radius 3 is 2.46 bits per heavy atom. The Balaban J connectivity index is 1.71. The summed E-state index contributed by atoms with van der Waals surface area (Å²) in [6.45, 7) is 1.45. The van der Waals surface area contributed by atoms with Gasteiger partial charge in [-0.05, 0) is 55.0 Å². The number of aryl methyl sites for hydroxylation is 1. The molecule has 2 heterocycles. The highest BCUT2D eigenvalue weighted by Crippen LogP contribution is 2.43. The van der Waals surface area contributed by atoms with Crippen molar-refractivity contribution in [3.8, 4) is 5.75 Å². The topological polar surface area (TPSA) is 103 Å². The predicted molar refractivity (Wildman–Crippen MR) is 128 cm³/mol. The van der Waals surface area contributed by atoms with Crippen LogP contribution < -0.4 is 20.8 Å². The van der Waals surface area contributed by atoms with Crippen LogP contribution in [0.25, 0.3) is 11.0 Å². The molecule has 10 heteroatoms. The molecule has 0 aliphatic carbocycles. The van der Waals surface area contributed by atoms with Crippen LogP contribution in [0.4, 0.5) is 18.9 Å². The number of fused-ring (bicyclic) bond motifs is 2. The number of primary amides is 1. The van der Waals surface area contributed by atoms with E-state index in [-0.39, 0.29) is 34.6 Å². The number of ether oxygens (including phenoxy) is 1. The van der Waals surface area contributed by atoms with Crippen LogP contribution in [-0.4, -0.2) is 18.4 Å². The summed E-state index contributed by atoms with van der Waals surface area (Å²) in [5, 5.41) is 0.254. The van der Waals surface area contributed by atoms with Crippen molar-refractivity contribution in [3.05, 3.63) is 105 Å². The average molecular weight is 508 g/mol. The molecule has 1 aliphatic rings. The zero-order valence-electron chi connectivity index (χ0n) is 19.3. The molecule has 0 radical (unpaired) electrons. The van der Waals surface area contributed by atoms with Crippen molar-refractivity contribution < 1.29 is 31.9 Å². The van der Waals surface area contributed by atoms with Crippen LogP contribution in [0.1, 0.15) is 38.9 Å². The van der Waals surface area contributed by atoms with Gasteiger partial charge in [0.2, 0.25) is 5.76 Å². The molecule has 0 spiro atoms. The van der Waals surface area contributed by atoms with Crippen LogP contribution in [0.15, 0.2) is 75.9 Å². The van der Waals surface area contributed by atoms with Gasteiger partial charge in [-0.1, -0.05) is 29.8 Å². The SMILES string of the molecule is Cc1ccc2oc3c(c(=O)c2c1)C(c1ccc(OCC(N)=O)cc1)N(c1cccc(C(F)(F)F)c1)C3=O. The molecule has 1 atom stereocenters. The minimum absolute atomic E-state index is 0.0197. The smallest absolute Gasteiger partial charge is 0.416 e. The monoisotopic (exact) mass is 508 g/mol. The van der Waals surface area contributed by atoms with E-state index in [1.54, 1.807) is 37.3 Å². The second kappa shape index (κ2) is 8.81. The molecule has 3 aromatic carbocycles. The molecule has 7 nitrogen and oxygen atoms in total. The number of rotatable bonds is 5. The minimum Gasteiger partial charge on any atom is -0.484 e. The second-order valence-corrected chi connectivity index (χ2v) is 8.62. The Morgan fingerprint density at radius 1 is 1.05 bits per heavy atom. The average Bonchev–Trinajstić information content (AvgIpc) is 3.15. The van der Waals surface area contributed by atoms with E-state index >= 15 is 0 Å². The third kappa shape index (κ3) is 4.31. The van der Waals surface area contributed by atoms with Gasteiger partial charge < -0.3 is 14.9 Å². The number of alkyl halides is 3. The Morgan fingerprint density at radius 2 is 1.78 bits per heavy atom. The number of nitrogens with two attached hydrogens (primary N) is 1. The lowest BCUT2D eigenvalue weighted by Gasteiger charge is -2.26. The predicted octanol–water partition coefficient (Wildman–Crippen LogP) is 4.73. The summed E-state index contributed by atoms with van der Waals surface area (Å²) < 4.78 is 51.6. The molecular weight excluding hydrogens is 489 g/mol. The van der Waals surface area contributed by atoms with E-state index in [2.05, 4.69) is 0 Å². The van der Waals surface area contributed by atoms with Gasteiger partial charge in [-0.3, -0.25) is 19.3 Å². The summed E-state index contributed by atoms with van der Waals surface area (Å²) in [6.07, 6.45) is -4.64.